The minimum absolute atomic E-state index is 0.0790. The molecule has 0 bridgehead atoms. The first-order valence-corrected chi connectivity index (χ1v) is 15.6. The van der Waals surface area contributed by atoms with Gasteiger partial charge in [-0.25, -0.2) is 4.39 Å². The van der Waals surface area contributed by atoms with Crippen LogP contribution < -0.4 is 0 Å². The van der Waals surface area contributed by atoms with E-state index in [0.29, 0.717) is 24.1 Å². The van der Waals surface area contributed by atoms with Crippen LogP contribution in [-0.4, -0.2) is 90.0 Å². The van der Waals surface area contributed by atoms with Crippen LogP contribution in [0.5, 0.6) is 11.5 Å². The molecule has 11 heteroatoms. The number of piperidine rings is 1. The van der Waals surface area contributed by atoms with E-state index in [1.54, 1.807) is 43.3 Å². The highest BCUT2D eigenvalue weighted by Gasteiger charge is 2.48. The van der Waals surface area contributed by atoms with Gasteiger partial charge in [-0.2, -0.15) is 17.0 Å². The lowest BCUT2D eigenvalue weighted by Crippen LogP contribution is -2.54. The van der Waals surface area contributed by atoms with Crippen LogP contribution in [0.2, 0.25) is 0 Å². The molecule has 228 valence electrons. The summed E-state index contributed by atoms with van der Waals surface area (Å²) in [4.78, 5) is 30.5. The average Bonchev–Trinajstić information content (AvgIpc) is 3.49. The number of ketones is 2. The number of halogens is 1. The largest absolute Gasteiger partial charge is 0.508 e. The number of rotatable bonds is 8. The number of nitrogens with zero attached hydrogens (tertiary/aromatic N) is 3. The minimum atomic E-state index is -3.66. The molecular weight excluding hydrogens is 573 g/mol. The molecule has 2 heterocycles. The molecule has 0 amide bonds. The van der Waals surface area contributed by atoms with Gasteiger partial charge in [0, 0.05) is 75.2 Å². The molecule has 2 aliphatic heterocycles. The third-order valence-corrected chi connectivity index (χ3v) is 10.7. The van der Waals surface area contributed by atoms with Crippen LogP contribution in [0.4, 0.5) is 4.39 Å². The second kappa shape index (κ2) is 12.2. The van der Waals surface area contributed by atoms with Crippen molar-refractivity contribution in [1.82, 2.24) is 13.5 Å². The number of hydrogen-bond acceptors (Lipinski definition) is 7. The maximum absolute atomic E-state index is 15.0. The molecule has 1 unspecified atom stereocenters. The third-order valence-electron chi connectivity index (χ3n) is 8.76. The van der Waals surface area contributed by atoms with Crippen molar-refractivity contribution >= 4 is 21.8 Å². The maximum Gasteiger partial charge on any atom is 0.281 e. The fourth-order valence-corrected chi connectivity index (χ4v) is 7.65. The molecule has 0 spiro atoms. The summed E-state index contributed by atoms with van der Waals surface area (Å²) in [7, 11) is -0.707. The van der Waals surface area contributed by atoms with E-state index in [4.69, 9.17) is 0 Å². The molecule has 3 atom stereocenters. The Kier molecular flexibility index (Phi) is 8.71. The number of carbonyl (C=O) groups excluding carboxylic acids is 2. The zero-order valence-corrected chi connectivity index (χ0v) is 25.2. The third kappa shape index (κ3) is 6.08. The van der Waals surface area contributed by atoms with E-state index in [9.17, 15) is 32.6 Å². The molecule has 2 fully saturated rings. The van der Waals surface area contributed by atoms with Gasteiger partial charge in [0.05, 0.1) is 0 Å². The van der Waals surface area contributed by atoms with E-state index in [-0.39, 0.29) is 59.9 Å². The van der Waals surface area contributed by atoms with Gasteiger partial charge >= 0.3 is 0 Å². The zero-order chi connectivity index (χ0) is 31.1. The van der Waals surface area contributed by atoms with E-state index in [1.807, 2.05) is 4.90 Å². The highest BCUT2D eigenvalue weighted by molar-refractivity contribution is 7.86. The van der Waals surface area contributed by atoms with Crippen molar-refractivity contribution in [2.45, 2.75) is 25.3 Å². The van der Waals surface area contributed by atoms with E-state index >= 15 is 0 Å². The van der Waals surface area contributed by atoms with Crippen LogP contribution in [0, 0.1) is 24.6 Å². The Labute approximate surface area is 251 Å². The molecule has 3 aromatic rings. The molecule has 0 radical (unpaired) electrons. The monoisotopic (exact) mass is 609 g/mol. The van der Waals surface area contributed by atoms with Crippen molar-refractivity contribution in [1.29, 1.82) is 0 Å². The summed E-state index contributed by atoms with van der Waals surface area (Å²) in [5.74, 6) is -3.58. The SMILES string of the molecule is Cc1c(F)cccc1C1[C@@H](C(=O)c2cccc(O)c2)CN(C2CCN(S(=O)(=O)N(C)C)C2)C[C@@H]1C(=O)c1cccc(O)c1. The molecule has 2 N–H and O–H groups in total. The normalized spacial score (nSPS) is 22.2. The van der Waals surface area contributed by atoms with Crippen molar-refractivity contribution in [3.63, 3.8) is 0 Å². The van der Waals surface area contributed by atoms with E-state index in [2.05, 4.69) is 0 Å². The fraction of sp³-hybridized carbons (Fsp3) is 0.375. The molecule has 2 aliphatic rings. The van der Waals surface area contributed by atoms with Crippen LogP contribution in [0.1, 0.15) is 44.2 Å². The highest BCUT2D eigenvalue weighted by atomic mass is 32.2. The highest BCUT2D eigenvalue weighted by Crippen LogP contribution is 2.44. The van der Waals surface area contributed by atoms with Gasteiger partial charge in [0.2, 0.25) is 0 Å². The van der Waals surface area contributed by atoms with Gasteiger partial charge in [0.25, 0.3) is 10.2 Å². The molecule has 2 saturated heterocycles. The van der Waals surface area contributed by atoms with Gasteiger partial charge in [-0.05, 0) is 54.8 Å². The zero-order valence-electron chi connectivity index (χ0n) is 24.4. The number of benzene rings is 3. The minimum Gasteiger partial charge on any atom is -0.508 e. The van der Waals surface area contributed by atoms with Crippen molar-refractivity contribution in [3.05, 3.63) is 94.8 Å². The topological polar surface area (TPSA) is 118 Å². The van der Waals surface area contributed by atoms with Gasteiger partial charge in [-0.15, -0.1) is 0 Å². The lowest BCUT2D eigenvalue weighted by Gasteiger charge is -2.45. The molecular formula is C32H36FN3O6S. The Balaban J connectivity index is 1.62. The van der Waals surface area contributed by atoms with Gasteiger partial charge in [-0.1, -0.05) is 36.4 Å². The fourth-order valence-electron chi connectivity index (χ4n) is 6.49. The standard InChI is InChI=1S/C32H36FN3O6S/c1-20-26(11-6-12-29(20)33)30-27(31(39)21-7-4-9-24(37)15-21)18-35(23-13-14-36(17-23)43(41,42)34(2)3)19-28(30)32(40)22-8-5-10-25(38)16-22/h4-12,15-16,23,27-28,30,37-38H,13-14,17-19H2,1-3H3/t23?,27-,28-/m0/s1. The summed E-state index contributed by atoms with van der Waals surface area (Å²) in [5.41, 5.74) is 1.41. The average molecular weight is 610 g/mol. The van der Waals surface area contributed by atoms with Crippen LogP contribution in [0.15, 0.2) is 66.7 Å². The summed E-state index contributed by atoms with van der Waals surface area (Å²) in [5, 5.41) is 20.3. The summed E-state index contributed by atoms with van der Waals surface area (Å²) in [6.07, 6.45) is 0.511. The molecule has 43 heavy (non-hydrogen) atoms. The Morgan fingerprint density at radius 2 is 1.40 bits per heavy atom. The first-order valence-electron chi connectivity index (χ1n) is 14.2. The summed E-state index contributed by atoms with van der Waals surface area (Å²) < 4.78 is 43.3. The second-order valence-electron chi connectivity index (χ2n) is 11.6. The lowest BCUT2D eigenvalue weighted by molar-refractivity contribution is 0.0469. The summed E-state index contributed by atoms with van der Waals surface area (Å²) >= 11 is 0. The molecule has 9 nitrogen and oxygen atoms in total. The number of hydrogen-bond donors (Lipinski definition) is 2. The lowest BCUT2D eigenvalue weighted by atomic mass is 9.67. The van der Waals surface area contributed by atoms with E-state index < -0.39 is 33.8 Å². The Bertz CT molecular complexity index is 1580. The maximum atomic E-state index is 15.0. The van der Waals surface area contributed by atoms with Crippen molar-refractivity contribution < 1.29 is 32.6 Å². The first kappa shape index (κ1) is 30.8. The smallest absolute Gasteiger partial charge is 0.281 e. The number of likely N-dealkylation sites (tertiary alicyclic amines) is 1. The van der Waals surface area contributed by atoms with Crippen LogP contribution in [0.3, 0.4) is 0 Å². The van der Waals surface area contributed by atoms with Crippen molar-refractivity contribution in [2.75, 3.05) is 40.3 Å². The molecule has 3 aromatic carbocycles. The predicted molar refractivity (Wildman–Crippen MR) is 160 cm³/mol. The number of carbonyl (C=O) groups is 2. The number of phenolic OH excluding ortho intramolecular Hbond substituents is 2. The van der Waals surface area contributed by atoms with Gasteiger partial charge in [0.1, 0.15) is 17.3 Å². The summed E-state index contributed by atoms with van der Waals surface area (Å²) in [6, 6.07) is 16.4. The van der Waals surface area contributed by atoms with Gasteiger partial charge in [0.15, 0.2) is 11.6 Å². The van der Waals surface area contributed by atoms with Crippen molar-refractivity contribution in [2.24, 2.45) is 11.8 Å². The number of Topliss-reactive ketones (excluding diaryl/α,β-unsaturated/α-hetero) is 2. The van der Waals surface area contributed by atoms with E-state index in [0.717, 1.165) is 4.31 Å². The van der Waals surface area contributed by atoms with Crippen LogP contribution in [-0.2, 0) is 10.2 Å². The van der Waals surface area contributed by atoms with Gasteiger partial charge < -0.3 is 10.2 Å². The van der Waals surface area contributed by atoms with Crippen LogP contribution in [0.25, 0.3) is 0 Å². The number of aromatic hydroxyl groups is 2. The molecule has 0 aliphatic carbocycles. The molecule has 5 rings (SSSR count). The molecule has 0 aromatic heterocycles. The molecule has 0 saturated carbocycles. The van der Waals surface area contributed by atoms with Crippen molar-refractivity contribution in [3.8, 4) is 11.5 Å². The quantitative estimate of drug-likeness (QED) is 0.373. The number of phenols is 2. The van der Waals surface area contributed by atoms with Gasteiger partial charge in [-0.3, -0.25) is 14.5 Å². The van der Waals surface area contributed by atoms with Crippen LogP contribution >= 0.6 is 0 Å². The second-order valence-corrected chi connectivity index (χ2v) is 13.7. The Morgan fingerprint density at radius 3 is 1.91 bits per heavy atom. The predicted octanol–water partition coefficient (Wildman–Crippen LogP) is 3.82. The Morgan fingerprint density at radius 1 is 0.860 bits per heavy atom. The first-order chi connectivity index (χ1) is 20.4. The Hall–Kier alpha value is -3.64. The van der Waals surface area contributed by atoms with E-state index in [1.165, 1.54) is 48.7 Å². The summed E-state index contributed by atoms with van der Waals surface area (Å²) in [6.45, 7) is 2.54.